The third-order valence-electron chi connectivity index (χ3n) is 2.90. The number of amides is 2. The largest absolute Gasteiger partial charge is 0.463 e. The molecule has 0 aliphatic carbocycles. The first-order valence-electron chi connectivity index (χ1n) is 6.16. The summed E-state index contributed by atoms with van der Waals surface area (Å²) in [5, 5.41) is 18.7. The first-order chi connectivity index (χ1) is 9.86. The molecule has 1 aromatic heterocycles. The lowest BCUT2D eigenvalue weighted by atomic mass is 10.1. The highest BCUT2D eigenvalue weighted by molar-refractivity contribution is 8.24. The quantitative estimate of drug-likeness (QED) is 0.383. The number of hydrogen-bond donors (Lipinski definition) is 2. The lowest BCUT2D eigenvalue weighted by Gasteiger charge is -2.33. The highest BCUT2D eigenvalue weighted by atomic mass is 32.2. The van der Waals surface area contributed by atoms with Crippen LogP contribution in [-0.2, 0) is 0 Å². The first-order valence-corrected chi connectivity index (χ1v) is 7.39. The Morgan fingerprint density at radius 1 is 1.71 bits per heavy atom. The summed E-state index contributed by atoms with van der Waals surface area (Å²) in [6, 6.07) is 2.85. The minimum absolute atomic E-state index is 0.468. The summed E-state index contributed by atoms with van der Waals surface area (Å²) in [5.41, 5.74) is 0. The average molecular weight is 328 g/mol. The Kier molecular flexibility index (Phi) is 4.55. The van der Waals surface area contributed by atoms with Crippen molar-refractivity contribution in [3.63, 3.8) is 0 Å². The van der Waals surface area contributed by atoms with E-state index in [4.69, 9.17) is 16.6 Å². The van der Waals surface area contributed by atoms with Crippen molar-refractivity contribution >= 4 is 40.5 Å². The number of thioether (sulfide) groups is 1. The van der Waals surface area contributed by atoms with Gasteiger partial charge in [-0.25, -0.2) is 9.80 Å². The minimum atomic E-state index is -0.721. The van der Waals surface area contributed by atoms with Gasteiger partial charge in [0.25, 0.3) is 0 Å². The zero-order valence-corrected chi connectivity index (χ0v) is 13.4. The maximum Gasteiger partial charge on any atom is 0.343 e. The smallest absolute Gasteiger partial charge is 0.343 e. The third kappa shape index (κ3) is 3.20. The molecule has 1 saturated heterocycles. The summed E-state index contributed by atoms with van der Waals surface area (Å²) in [6.45, 7) is 3.76. The molecule has 0 radical (unpaired) electrons. The van der Waals surface area contributed by atoms with E-state index in [9.17, 15) is 10.0 Å². The molecule has 1 atom stereocenters. The van der Waals surface area contributed by atoms with Gasteiger partial charge in [-0.1, -0.05) is 24.0 Å². The van der Waals surface area contributed by atoms with Crippen molar-refractivity contribution in [2.75, 3.05) is 7.05 Å². The Morgan fingerprint density at radius 3 is 3.00 bits per heavy atom. The second-order valence-electron chi connectivity index (χ2n) is 4.85. The van der Waals surface area contributed by atoms with Gasteiger partial charge in [-0.2, -0.15) is 10.2 Å². The van der Waals surface area contributed by atoms with E-state index in [1.807, 2.05) is 13.8 Å². The molecule has 1 aliphatic rings. The van der Waals surface area contributed by atoms with Gasteiger partial charge in [0.05, 0.1) is 17.2 Å². The summed E-state index contributed by atoms with van der Waals surface area (Å²) in [7, 11) is 1.44. The number of hydrogen-bond acceptors (Lipinski definition) is 6. The highest BCUT2D eigenvalue weighted by Gasteiger charge is 2.49. The predicted octanol–water partition coefficient (Wildman–Crippen LogP) is 2.08. The van der Waals surface area contributed by atoms with Gasteiger partial charge in [-0.3, -0.25) is 5.21 Å². The Bertz CT molecular complexity index is 559. The van der Waals surface area contributed by atoms with E-state index in [0.29, 0.717) is 15.1 Å². The van der Waals surface area contributed by atoms with Crippen LogP contribution in [0.5, 0.6) is 0 Å². The predicted molar refractivity (Wildman–Crippen MR) is 84.3 cm³/mol. The van der Waals surface area contributed by atoms with Crippen molar-refractivity contribution in [2.24, 2.45) is 5.10 Å². The molecule has 1 fully saturated rings. The molecule has 7 nitrogen and oxygen atoms in total. The molecule has 21 heavy (non-hydrogen) atoms. The maximum atomic E-state index is 11.7. The van der Waals surface area contributed by atoms with E-state index in [-0.39, 0.29) is 0 Å². The Hall–Kier alpha value is -1.58. The lowest BCUT2D eigenvalue weighted by Crippen LogP contribution is -2.55. The molecule has 1 aromatic rings. The molecule has 2 heterocycles. The number of furan rings is 1. The molecule has 2 amide bonds. The van der Waals surface area contributed by atoms with Crippen LogP contribution < -0.4 is 5.32 Å². The van der Waals surface area contributed by atoms with Gasteiger partial charge in [-0.15, -0.1) is 0 Å². The van der Waals surface area contributed by atoms with E-state index in [1.54, 1.807) is 12.1 Å². The lowest BCUT2D eigenvalue weighted by molar-refractivity contribution is -0.117. The van der Waals surface area contributed by atoms with Gasteiger partial charge in [0.2, 0.25) is 0 Å². The number of thiocarbonyl (C=S) groups is 1. The Morgan fingerprint density at radius 2 is 2.43 bits per heavy atom. The molecule has 9 heteroatoms. The third-order valence-corrected chi connectivity index (χ3v) is 4.43. The summed E-state index contributed by atoms with van der Waals surface area (Å²) in [5.74, 6) is 0.552. The van der Waals surface area contributed by atoms with Crippen molar-refractivity contribution in [1.29, 1.82) is 0 Å². The van der Waals surface area contributed by atoms with Gasteiger partial charge in [0.15, 0.2) is 10.5 Å². The number of carbonyl (C=O) groups is 1. The topological polar surface area (TPSA) is 81.3 Å². The van der Waals surface area contributed by atoms with Gasteiger partial charge in [-0.05, 0) is 26.0 Å². The van der Waals surface area contributed by atoms with Crippen molar-refractivity contribution in [3.8, 4) is 0 Å². The van der Waals surface area contributed by atoms with Crippen LogP contribution in [0.1, 0.15) is 19.6 Å². The Labute approximate surface area is 131 Å². The monoisotopic (exact) mass is 328 g/mol. The maximum absolute atomic E-state index is 11.7. The van der Waals surface area contributed by atoms with Crippen LogP contribution in [0.25, 0.3) is 0 Å². The number of hydroxylamine groups is 2. The fourth-order valence-corrected chi connectivity index (χ4v) is 3.72. The fraction of sp³-hybridized carbons (Fsp3) is 0.417. The zero-order chi connectivity index (χ0) is 15.6. The van der Waals surface area contributed by atoms with Gasteiger partial charge >= 0.3 is 6.03 Å². The normalized spacial score (nSPS) is 21.0. The second kappa shape index (κ2) is 6.04. The second-order valence-corrected chi connectivity index (χ2v) is 7.14. The fourth-order valence-electron chi connectivity index (χ4n) is 1.94. The standard InChI is InChI=1S/C12H16N4O3S2/c1-12(2)9(16(18)10(17)13-3)15(11(20)21-12)14-7-8-5-4-6-19-8/h4-7,9,18H,1-3H3,(H,13,17). The summed E-state index contributed by atoms with van der Waals surface area (Å²) >= 11 is 6.64. The number of nitrogens with one attached hydrogen (secondary N) is 1. The highest BCUT2D eigenvalue weighted by Crippen LogP contribution is 2.42. The van der Waals surface area contributed by atoms with Gasteiger partial charge in [0, 0.05) is 7.05 Å². The van der Waals surface area contributed by atoms with E-state index < -0.39 is 16.9 Å². The molecule has 1 unspecified atom stereocenters. The number of urea groups is 1. The van der Waals surface area contributed by atoms with Crippen LogP contribution in [0.15, 0.2) is 27.9 Å². The zero-order valence-electron chi connectivity index (χ0n) is 11.8. The molecule has 0 saturated carbocycles. The summed E-state index contributed by atoms with van der Waals surface area (Å²) < 4.78 is 5.12. The van der Waals surface area contributed by atoms with Crippen LogP contribution in [0.4, 0.5) is 4.79 Å². The van der Waals surface area contributed by atoms with Crippen molar-refractivity contribution in [2.45, 2.75) is 24.8 Å². The van der Waals surface area contributed by atoms with E-state index in [2.05, 4.69) is 10.4 Å². The average Bonchev–Trinajstić information content (AvgIpc) is 3.00. The van der Waals surface area contributed by atoms with E-state index >= 15 is 0 Å². The minimum Gasteiger partial charge on any atom is -0.463 e. The Balaban J connectivity index is 2.28. The number of rotatable bonds is 3. The van der Waals surface area contributed by atoms with Crippen LogP contribution in [-0.4, -0.2) is 49.8 Å². The molecule has 0 bridgehead atoms. The summed E-state index contributed by atoms with van der Waals surface area (Å²) in [6.07, 6.45) is 2.29. The van der Waals surface area contributed by atoms with Crippen molar-refractivity contribution in [3.05, 3.63) is 24.2 Å². The molecule has 0 spiro atoms. The number of carbonyl (C=O) groups excluding carboxylic acids is 1. The van der Waals surface area contributed by atoms with E-state index in [0.717, 1.165) is 0 Å². The number of hydrazone groups is 1. The van der Waals surface area contributed by atoms with Crippen molar-refractivity contribution in [1.82, 2.24) is 15.4 Å². The van der Waals surface area contributed by atoms with Crippen LogP contribution in [0, 0.1) is 0 Å². The van der Waals surface area contributed by atoms with Gasteiger partial charge < -0.3 is 9.73 Å². The van der Waals surface area contributed by atoms with E-state index in [1.165, 1.54) is 36.3 Å². The molecular weight excluding hydrogens is 312 g/mol. The van der Waals surface area contributed by atoms with Crippen LogP contribution in [0.3, 0.4) is 0 Å². The SMILES string of the molecule is CNC(=O)N(O)C1N(N=Cc2ccco2)C(=S)SC1(C)C. The van der Waals surface area contributed by atoms with Gasteiger partial charge in [0.1, 0.15) is 5.76 Å². The van der Waals surface area contributed by atoms with Crippen molar-refractivity contribution < 1.29 is 14.4 Å². The molecule has 1 aliphatic heterocycles. The summed E-state index contributed by atoms with van der Waals surface area (Å²) in [4.78, 5) is 11.7. The molecule has 114 valence electrons. The van der Waals surface area contributed by atoms with Crippen LogP contribution in [0.2, 0.25) is 0 Å². The molecule has 2 N–H and O–H groups in total. The number of nitrogens with zero attached hydrogens (tertiary/aromatic N) is 3. The molecule has 2 rings (SSSR count). The van der Waals surface area contributed by atoms with Crippen LogP contribution >= 0.6 is 24.0 Å². The molecular formula is C12H16N4O3S2. The molecule has 0 aromatic carbocycles. The first kappa shape index (κ1) is 15.8.